The molecule has 4 rings (SSSR count). The van der Waals surface area contributed by atoms with Gasteiger partial charge in [0, 0.05) is 11.3 Å². The van der Waals surface area contributed by atoms with Gasteiger partial charge in [-0.15, -0.1) is 0 Å². The van der Waals surface area contributed by atoms with Crippen molar-refractivity contribution >= 4 is 18.4 Å². The molecule has 2 aromatic carbocycles. The van der Waals surface area contributed by atoms with Gasteiger partial charge >= 0.3 is 7.12 Å². The third-order valence-electron chi connectivity index (χ3n) is 5.73. The molecule has 0 spiro atoms. The maximum atomic E-state index is 15.9. The highest BCUT2D eigenvalue weighted by atomic mass is 19.1. The number of nitrogens with two attached hydrogens (primary N) is 1. The van der Waals surface area contributed by atoms with Crippen LogP contribution in [0.1, 0.15) is 38.8 Å². The molecule has 1 saturated heterocycles. The smallest absolute Gasteiger partial charge is 0.486 e. The molecule has 2 N–H and O–H groups in total. The average molecular weight is 397 g/mol. The summed E-state index contributed by atoms with van der Waals surface area (Å²) >= 11 is 0. The molecule has 2 heterocycles. The molecule has 7 heteroatoms. The summed E-state index contributed by atoms with van der Waals surface area (Å²) in [5.41, 5.74) is 6.34. The van der Waals surface area contributed by atoms with Crippen LogP contribution < -0.4 is 15.2 Å². The molecule has 2 aromatic rings. The molecule has 0 aliphatic carbocycles. The Kier molecular flexibility index (Phi) is 4.83. The maximum absolute atomic E-state index is 15.9. The van der Waals surface area contributed by atoms with E-state index in [0.29, 0.717) is 47.1 Å². The van der Waals surface area contributed by atoms with Gasteiger partial charge in [-0.1, -0.05) is 18.2 Å². The highest BCUT2D eigenvalue weighted by molar-refractivity contribution is 6.55. The summed E-state index contributed by atoms with van der Waals surface area (Å²) in [5.74, 6) is 1.23. The fourth-order valence-corrected chi connectivity index (χ4v) is 3.36. The van der Waals surface area contributed by atoms with Crippen LogP contribution in [0.15, 0.2) is 48.2 Å². The van der Waals surface area contributed by atoms with Crippen molar-refractivity contribution in [3.63, 3.8) is 0 Å². The molecular weight excluding hydrogens is 372 g/mol. The zero-order valence-corrected chi connectivity index (χ0v) is 17.1. The fraction of sp³-hybridized carbons (Fsp3) is 0.364. The van der Waals surface area contributed by atoms with Gasteiger partial charge in [0.2, 0.25) is 0 Å². The summed E-state index contributed by atoms with van der Waals surface area (Å²) in [5, 5.41) is 0. The molecule has 0 saturated carbocycles. The first-order valence-electron chi connectivity index (χ1n) is 9.69. The summed E-state index contributed by atoms with van der Waals surface area (Å²) in [6, 6.07) is 12.4. The molecule has 5 nitrogen and oxygen atoms in total. The third kappa shape index (κ3) is 3.60. The van der Waals surface area contributed by atoms with Gasteiger partial charge in [-0.05, 0) is 63.1 Å². The van der Waals surface area contributed by atoms with Crippen molar-refractivity contribution in [3.05, 3.63) is 59.3 Å². The molecule has 0 unspecified atom stereocenters. The van der Waals surface area contributed by atoms with Crippen LogP contribution in [0, 0.1) is 0 Å². The van der Waals surface area contributed by atoms with Crippen molar-refractivity contribution in [2.24, 2.45) is 0 Å². The lowest BCUT2D eigenvalue weighted by molar-refractivity contribution is 0.00578. The summed E-state index contributed by atoms with van der Waals surface area (Å²) in [7, 11) is -1.11. The Hall–Kier alpha value is -2.51. The predicted molar refractivity (Wildman–Crippen MR) is 111 cm³/mol. The second kappa shape index (κ2) is 7.08. The van der Waals surface area contributed by atoms with E-state index in [1.54, 1.807) is 36.4 Å². The lowest BCUT2D eigenvalue weighted by Gasteiger charge is -2.32. The van der Waals surface area contributed by atoms with Gasteiger partial charge in [0.05, 0.1) is 11.2 Å². The molecule has 0 atom stereocenters. The maximum Gasteiger partial charge on any atom is 0.525 e. The van der Waals surface area contributed by atoms with Crippen LogP contribution in [0.4, 0.5) is 10.1 Å². The molecule has 1 fully saturated rings. The van der Waals surface area contributed by atoms with Gasteiger partial charge in [0.15, 0.2) is 11.5 Å². The Labute approximate surface area is 170 Å². The lowest BCUT2D eigenvalue weighted by Crippen LogP contribution is -2.41. The molecule has 0 aromatic heterocycles. The standard InChI is InChI=1S/C22H25BFNO4/c1-21(2)22(3,4)29-23(28-21)20(24)19(14-5-8-16(25)9-6-14)15-7-10-17-18(13-15)27-12-11-26-17/h5-10,13H,11-12,25H2,1-4H3. The van der Waals surface area contributed by atoms with Crippen molar-refractivity contribution in [3.8, 4) is 11.5 Å². The minimum Gasteiger partial charge on any atom is -0.486 e. The molecule has 0 radical (unpaired) electrons. The molecule has 152 valence electrons. The van der Waals surface area contributed by atoms with Crippen molar-refractivity contribution in [1.29, 1.82) is 0 Å². The first-order valence-corrected chi connectivity index (χ1v) is 9.69. The Morgan fingerprint density at radius 1 is 0.862 bits per heavy atom. The van der Waals surface area contributed by atoms with E-state index < -0.39 is 24.0 Å². The monoisotopic (exact) mass is 397 g/mol. The highest BCUT2D eigenvalue weighted by Crippen LogP contribution is 2.42. The van der Waals surface area contributed by atoms with Gasteiger partial charge in [-0.3, -0.25) is 0 Å². The number of halogens is 1. The van der Waals surface area contributed by atoms with Crippen LogP contribution in [-0.2, 0) is 9.31 Å². The molecule has 29 heavy (non-hydrogen) atoms. The van der Waals surface area contributed by atoms with E-state index >= 15 is 4.39 Å². The largest absolute Gasteiger partial charge is 0.525 e. The van der Waals surface area contributed by atoms with Crippen molar-refractivity contribution in [1.82, 2.24) is 0 Å². The number of benzene rings is 2. The zero-order valence-electron chi connectivity index (χ0n) is 17.1. The van der Waals surface area contributed by atoms with E-state index in [0.717, 1.165) is 0 Å². The number of ether oxygens (including phenoxy) is 2. The number of nitrogen functional groups attached to an aromatic ring is 1. The Bertz CT molecular complexity index is 940. The van der Waals surface area contributed by atoms with Gasteiger partial charge < -0.3 is 24.5 Å². The molecule has 2 aliphatic rings. The van der Waals surface area contributed by atoms with Crippen LogP contribution in [0.5, 0.6) is 11.5 Å². The first-order chi connectivity index (χ1) is 13.7. The first kappa shape index (κ1) is 19.8. The predicted octanol–water partition coefficient (Wildman–Crippen LogP) is 4.40. The molecule has 0 bridgehead atoms. The van der Waals surface area contributed by atoms with Gasteiger partial charge in [-0.2, -0.15) is 0 Å². The number of hydrogen-bond donors (Lipinski definition) is 1. The van der Waals surface area contributed by atoms with Crippen LogP contribution >= 0.6 is 0 Å². The second-order valence-electron chi connectivity index (χ2n) is 8.29. The SMILES string of the molecule is CC1(C)OB(C(F)=C(c2ccc(N)cc2)c2ccc3c(c2)OCCO3)OC1(C)C. The van der Waals surface area contributed by atoms with Crippen molar-refractivity contribution < 1.29 is 23.2 Å². The molecular formula is C22H25BFNO4. The van der Waals surface area contributed by atoms with Crippen LogP contribution in [0.3, 0.4) is 0 Å². The van der Waals surface area contributed by atoms with Crippen molar-refractivity contribution in [2.45, 2.75) is 38.9 Å². The van der Waals surface area contributed by atoms with Crippen LogP contribution in [0.2, 0.25) is 0 Å². The van der Waals surface area contributed by atoms with Gasteiger partial charge in [-0.25, -0.2) is 4.39 Å². The minimum absolute atomic E-state index is 0.375. The van der Waals surface area contributed by atoms with E-state index in [1.165, 1.54) is 0 Å². The Balaban J connectivity index is 1.83. The summed E-state index contributed by atoms with van der Waals surface area (Å²) < 4.78 is 39.1. The highest BCUT2D eigenvalue weighted by Gasteiger charge is 2.53. The summed E-state index contributed by atoms with van der Waals surface area (Å²) in [4.78, 5) is 0. The normalized spacial score (nSPS) is 20.4. The quantitative estimate of drug-likeness (QED) is 0.615. The van der Waals surface area contributed by atoms with Gasteiger partial charge in [0.1, 0.15) is 18.9 Å². The molecule has 2 aliphatic heterocycles. The van der Waals surface area contributed by atoms with E-state index in [-0.39, 0.29) is 0 Å². The van der Waals surface area contributed by atoms with Gasteiger partial charge in [0.25, 0.3) is 0 Å². The van der Waals surface area contributed by atoms with Crippen molar-refractivity contribution in [2.75, 3.05) is 18.9 Å². The van der Waals surface area contributed by atoms with E-state index in [2.05, 4.69) is 0 Å². The van der Waals surface area contributed by atoms with Crippen LogP contribution in [0.25, 0.3) is 5.57 Å². The fourth-order valence-electron chi connectivity index (χ4n) is 3.36. The topological polar surface area (TPSA) is 62.9 Å². The Morgan fingerprint density at radius 3 is 2.03 bits per heavy atom. The lowest BCUT2D eigenvalue weighted by atomic mass is 9.80. The van der Waals surface area contributed by atoms with E-state index in [9.17, 15) is 0 Å². The van der Waals surface area contributed by atoms with E-state index in [1.807, 2.05) is 33.8 Å². The summed E-state index contributed by atoms with van der Waals surface area (Å²) in [6.45, 7) is 8.54. The number of fused-ring (bicyclic) bond motifs is 1. The number of rotatable bonds is 3. The third-order valence-corrected chi connectivity index (χ3v) is 5.73. The van der Waals surface area contributed by atoms with E-state index in [4.69, 9.17) is 24.5 Å². The number of hydrogen-bond acceptors (Lipinski definition) is 5. The Morgan fingerprint density at radius 2 is 1.41 bits per heavy atom. The second-order valence-corrected chi connectivity index (χ2v) is 8.29. The average Bonchev–Trinajstić information content (AvgIpc) is 2.91. The minimum atomic E-state index is -1.11. The zero-order chi connectivity index (χ0) is 20.8. The number of anilines is 1. The summed E-state index contributed by atoms with van der Waals surface area (Å²) in [6.07, 6.45) is 0. The molecule has 0 amide bonds. The van der Waals surface area contributed by atoms with Crippen LogP contribution in [-0.4, -0.2) is 31.5 Å².